The van der Waals surface area contributed by atoms with Crippen molar-refractivity contribution in [2.45, 2.75) is 38.5 Å². The van der Waals surface area contributed by atoms with E-state index in [0.29, 0.717) is 6.61 Å². The molecule has 0 spiro atoms. The zero-order chi connectivity index (χ0) is 21.9. The van der Waals surface area contributed by atoms with Gasteiger partial charge in [0.05, 0.1) is 33.0 Å². The van der Waals surface area contributed by atoms with Crippen molar-refractivity contribution in [3.05, 3.63) is 95.6 Å². The summed E-state index contributed by atoms with van der Waals surface area (Å²) in [6.07, 6.45) is 3.56. The highest BCUT2D eigenvalue weighted by atomic mass is 16.5. The van der Waals surface area contributed by atoms with E-state index in [1.165, 1.54) is 11.1 Å². The van der Waals surface area contributed by atoms with Crippen LogP contribution in [0.4, 0.5) is 0 Å². The zero-order valence-electron chi connectivity index (χ0n) is 18.5. The predicted octanol–water partition coefficient (Wildman–Crippen LogP) is 5.53. The first-order valence-corrected chi connectivity index (χ1v) is 10.6. The number of benzene rings is 3. The number of hydrogen-bond donors (Lipinski definition) is 0. The lowest BCUT2D eigenvalue weighted by Crippen LogP contribution is -2.16. The van der Waals surface area contributed by atoms with Crippen LogP contribution in [0.3, 0.4) is 0 Å². The molecular weight excluding hydrogens is 386 g/mol. The Morgan fingerprint density at radius 2 is 1.23 bits per heavy atom. The predicted molar refractivity (Wildman–Crippen MR) is 126 cm³/mol. The third-order valence-corrected chi connectivity index (χ3v) is 5.12. The second-order valence-electron chi connectivity index (χ2n) is 7.56. The largest absolute Gasteiger partial charge is 0.497 e. The van der Waals surface area contributed by atoms with Gasteiger partial charge in [-0.05, 0) is 60.7 Å². The van der Waals surface area contributed by atoms with Crippen LogP contribution in [-0.2, 0) is 24.2 Å². The van der Waals surface area contributed by atoms with Crippen LogP contribution in [0.25, 0.3) is 0 Å². The number of nitrogens with zero attached hydrogens (tertiary/aromatic N) is 1. The molecule has 0 radical (unpaired) electrons. The average Bonchev–Trinajstić information content (AvgIpc) is 2.83. The molecule has 4 heteroatoms. The summed E-state index contributed by atoms with van der Waals surface area (Å²) in [6, 6.07) is 26.7. The van der Waals surface area contributed by atoms with Crippen molar-refractivity contribution in [2.75, 3.05) is 14.2 Å². The summed E-state index contributed by atoms with van der Waals surface area (Å²) in [5, 5.41) is 0. The van der Waals surface area contributed by atoms with Gasteiger partial charge in [0.25, 0.3) is 0 Å². The van der Waals surface area contributed by atoms with E-state index in [0.717, 1.165) is 29.9 Å². The van der Waals surface area contributed by atoms with E-state index >= 15 is 0 Å². The minimum absolute atomic E-state index is 0.0607. The first-order valence-electron chi connectivity index (χ1n) is 10.6. The molecule has 0 heterocycles. The smallest absolute Gasteiger partial charge is 0.118 e. The van der Waals surface area contributed by atoms with E-state index in [1.807, 2.05) is 55.6 Å². The summed E-state index contributed by atoms with van der Waals surface area (Å²) in [6.45, 7) is 2.61. The van der Waals surface area contributed by atoms with Crippen LogP contribution in [-0.4, -0.2) is 32.6 Å². The van der Waals surface area contributed by atoms with Gasteiger partial charge in [-0.15, -0.1) is 0 Å². The first-order chi connectivity index (χ1) is 15.2. The number of hydrogen-bond acceptors (Lipinski definition) is 4. The minimum atomic E-state index is -0.0607. The van der Waals surface area contributed by atoms with Crippen LogP contribution in [0.2, 0.25) is 0 Å². The molecule has 0 N–H and O–H groups in total. The maximum absolute atomic E-state index is 5.96. The highest BCUT2D eigenvalue weighted by Crippen LogP contribution is 2.18. The Morgan fingerprint density at radius 1 is 0.710 bits per heavy atom. The Labute approximate surface area is 185 Å². The first kappa shape index (κ1) is 22.6. The Kier molecular flexibility index (Phi) is 8.68. The zero-order valence-corrected chi connectivity index (χ0v) is 18.5. The van der Waals surface area contributed by atoms with Crippen molar-refractivity contribution < 1.29 is 14.2 Å². The fourth-order valence-corrected chi connectivity index (χ4v) is 3.33. The molecular formula is C27H31NO3. The second-order valence-corrected chi connectivity index (χ2v) is 7.56. The quantitative estimate of drug-likeness (QED) is 0.385. The lowest BCUT2D eigenvalue weighted by atomic mass is 9.99. The summed E-state index contributed by atoms with van der Waals surface area (Å²) in [7, 11) is 3.37. The van der Waals surface area contributed by atoms with E-state index in [2.05, 4.69) is 36.4 Å². The molecule has 0 unspecified atom stereocenters. The van der Waals surface area contributed by atoms with Gasteiger partial charge in [0, 0.05) is 6.21 Å². The molecule has 162 valence electrons. The van der Waals surface area contributed by atoms with Crippen molar-refractivity contribution in [2.24, 2.45) is 4.99 Å². The van der Waals surface area contributed by atoms with E-state index < -0.39 is 0 Å². The van der Waals surface area contributed by atoms with E-state index in [9.17, 15) is 0 Å². The lowest BCUT2D eigenvalue weighted by Gasteiger charge is -2.15. The number of ether oxygens (including phenoxy) is 3. The number of rotatable bonds is 11. The molecule has 4 nitrogen and oxygen atoms in total. The molecule has 31 heavy (non-hydrogen) atoms. The molecule has 0 bridgehead atoms. The standard InChI is InChI=1S/C27H31NO3/c1-21(31-20-24-7-5-4-6-8-24)19-28-25(17-22-9-13-26(29-2)14-10-22)18-23-11-15-27(30-3)16-12-23/h4-16,19,21,25H,17-18,20H2,1-3H3/t21-/m0/s1. The van der Waals surface area contributed by atoms with E-state index in [1.54, 1.807) is 14.2 Å². The molecule has 3 aromatic carbocycles. The monoisotopic (exact) mass is 417 g/mol. The number of methoxy groups -OCH3 is 2. The van der Waals surface area contributed by atoms with Crippen molar-refractivity contribution in [1.82, 2.24) is 0 Å². The van der Waals surface area contributed by atoms with Crippen LogP contribution in [0.5, 0.6) is 11.5 Å². The van der Waals surface area contributed by atoms with Crippen molar-refractivity contribution >= 4 is 6.21 Å². The Bertz CT molecular complexity index is 871. The topological polar surface area (TPSA) is 40.0 Å². The Morgan fingerprint density at radius 3 is 1.71 bits per heavy atom. The van der Waals surface area contributed by atoms with Gasteiger partial charge >= 0.3 is 0 Å². The molecule has 0 aliphatic carbocycles. The summed E-state index contributed by atoms with van der Waals surface area (Å²) in [5.41, 5.74) is 3.62. The van der Waals surface area contributed by atoms with Crippen LogP contribution >= 0.6 is 0 Å². The van der Waals surface area contributed by atoms with Crippen LogP contribution in [0.15, 0.2) is 83.9 Å². The maximum atomic E-state index is 5.96. The lowest BCUT2D eigenvalue weighted by molar-refractivity contribution is 0.0988. The van der Waals surface area contributed by atoms with E-state index in [4.69, 9.17) is 19.2 Å². The van der Waals surface area contributed by atoms with Crippen LogP contribution in [0, 0.1) is 0 Å². The molecule has 1 atom stereocenters. The van der Waals surface area contributed by atoms with E-state index in [-0.39, 0.29) is 12.1 Å². The fraction of sp³-hybridized carbons (Fsp3) is 0.296. The molecule has 0 saturated heterocycles. The van der Waals surface area contributed by atoms with Gasteiger partial charge in [0.15, 0.2) is 0 Å². The molecule has 0 saturated carbocycles. The van der Waals surface area contributed by atoms with Gasteiger partial charge in [-0.3, -0.25) is 4.99 Å². The van der Waals surface area contributed by atoms with Crippen molar-refractivity contribution in [1.29, 1.82) is 0 Å². The van der Waals surface area contributed by atoms with Gasteiger partial charge in [-0.2, -0.15) is 0 Å². The summed E-state index contributed by atoms with van der Waals surface area (Å²) < 4.78 is 16.5. The van der Waals surface area contributed by atoms with Gasteiger partial charge in [0.1, 0.15) is 11.5 Å². The highest BCUT2D eigenvalue weighted by Gasteiger charge is 2.11. The third-order valence-electron chi connectivity index (χ3n) is 5.12. The van der Waals surface area contributed by atoms with Crippen LogP contribution in [0.1, 0.15) is 23.6 Å². The average molecular weight is 418 g/mol. The van der Waals surface area contributed by atoms with Crippen molar-refractivity contribution in [3.63, 3.8) is 0 Å². The Balaban J connectivity index is 1.66. The molecule has 0 fully saturated rings. The molecule has 0 aliphatic heterocycles. The van der Waals surface area contributed by atoms with Gasteiger partial charge < -0.3 is 14.2 Å². The maximum Gasteiger partial charge on any atom is 0.118 e. The fourth-order valence-electron chi connectivity index (χ4n) is 3.33. The van der Waals surface area contributed by atoms with Gasteiger partial charge in [0.2, 0.25) is 0 Å². The normalized spacial score (nSPS) is 12.3. The third kappa shape index (κ3) is 7.58. The summed E-state index contributed by atoms with van der Waals surface area (Å²) in [5.74, 6) is 1.73. The molecule has 0 aliphatic rings. The van der Waals surface area contributed by atoms with Crippen molar-refractivity contribution in [3.8, 4) is 11.5 Å². The summed E-state index contributed by atoms with van der Waals surface area (Å²) >= 11 is 0. The van der Waals surface area contributed by atoms with Crippen LogP contribution < -0.4 is 9.47 Å². The molecule has 0 amide bonds. The second kappa shape index (κ2) is 11.9. The molecule has 3 rings (SSSR count). The SMILES string of the molecule is COc1ccc(CC(Cc2ccc(OC)cc2)N=C[C@H](C)OCc2ccccc2)cc1. The molecule has 3 aromatic rings. The van der Waals surface area contributed by atoms with Gasteiger partial charge in [-0.1, -0.05) is 54.6 Å². The molecule has 0 aromatic heterocycles. The minimum Gasteiger partial charge on any atom is -0.497 e. The summed E-state index contributed by atoms with van der Waals surface area (Å²) in [4.78, 5) is 4.90. The highest BCUT2D eigenvalue weighted by molar-refractivity contribution is 5.62. The number of aliphatic imine (C=N–C) groups is 1. The Hall–Kier alpha value is -3.11. The van der Waals surface area contributed by atoms with Gasteiger partial charge in [-0.25, -0.2) is 0 Å².